The summed E-state index contributed by atoms with van der Waals surface area (Å²) in [6.07, 6.45) is 5.34. The van der Waals surface area contributed by atoms with E-state index in [0.29, 0.717) is 31.0 Å². The molecule has 0 saturated carbocycles. The molecule has 0 unspecified atom stereocenters. The van der Waals surface area contributed by atoms with Crippen LogP contribution in [0.25, 0.3) is 23.0 Å². The molecule has 0 bridgehead atoms. The molecule has 1 atom stereocenters. The van der Waals surface area contributed by atoms with Crippen molar-refractivity contribution < 1.29 is 14.3 Å². The molecule has 1 aliphatic rings. The van der Waals surface area contributed by atoms with Gasteiger partial charge in [-0.05, 0) is 68.7 Å². The number of hydrogen-bond donors (Lipinski definition) is 1. The highest BCUT2D eigenvalue weighted by molar-refractivity contribution is 6.02. The fraction of sp³-hybridized carbons (Fsp3) is 0.296. The molecule has 1 N–H and O–H groups in total. The Balaban J connectivity index is 1.69. The van der Waals surface area contributed by atoms with Crippen molar-refractivity contribution in [1.29, 1.82) is 5.26 Å². The lowest BCUT2D eigenvalue weighted by molar-refractivity contribution is -0.117. The number of nitrogens with one attached hydrogen (secondary N) is 1. The summed E-state index contributed by atoms with van der Waals surface area (Å²) in [7, 11) is 0. The van der Waals surface area contributed by atoms with Crippen molar-refractivity contribution in [2.24, 2.45) is 0 Å². The van der Waals surface area contributed by atoms with Crippen LogP contribution < -0.4 is 10.1 Å². The van der Waals surface area contributed by atoms with Gasteiger partial charge in [-0.1, -0.05) is 18.2 Å². The molecule has 2 heterocycles. The zero-order valence-corrected chi connectivity index (χ0v) is 19.5. The number of carbonyl (C=O) groups is 1. The van der Waals surface area contributed by atoms with Crippen molar-refractivity contribution >= 4 is 12.0 Å². The first-order chi connectivity index (χ1) is 16.6. The number of carbonyl (C=O) groups excluding carboxylic acids is 1. The molecule has 2 aromatic carbocycles. The first kappa shape index (κ1) is 23.3. The third kappa shape index (κ3) is 5.36. The summed E-state index contributed by atoms with van der Waals surface area (Å²) < 4.78 is 13.0. The fourth-order valence-corrected chi connectivity index (χ4v) is 3.96. The number of nitriles is 1. The Kier molecular flexibility index (Phi) is 7.41. The van der Waals surface area contributed by atoms with E-state index in [9.17, 15) is 10.1 Å². The summed E-state index contributed by atoms with van der Waals surface area (Å²) in [6, 6.07) is 17.6. The molecule has 3 aromatic rings. The molecule has 0 radical (unpaired) electrons. The molecule has 1 fully saturated rings. The van der Waals surface area contributed by atoms with Crippen molar-refractivity contribution in [3.05, 3.63) is 71.4 Å². The van der Waals surface area contributed by atoms with Crippen LogP contribution in [0.4, 0.5) is 0 Å². The molecule has 1 aliphatic heterocycles. The molecular weight excluding hydrogens is 428 g/mol. The van der Waals surface area contributed by atoms with Gasteiger partial charge < -0.3 is 14.8 Å². The highest BCUT2D eigenvalue weighted by Gasteiger charge is 2.19. The summed E-state index contributed by atoms with van der Waals surface area (Å²) in [5.41, 5.74) is 4.12. The van der Waals surface area contributed by atoms with E-state index in [0.717, 1.165) is 35.4 Å². The third-order valence-corrected chi connectivity index (χ3v) is 5.69. The van der Waals surface area contributed by atoms with Crippen LogP contribution in [0.5, 0.6) is 5.75 Å². The Morgan fingerprint density at radius 3 is 2.82 bits per heavy atom. The molecule has 0 aliphatic carbocycles. The summed E-state index contributed by atoms with van der Waals surface area (Å²) in [4.78, 5) is 12.7. The van der Waals surface area contributed by atoms with Crippen molar-refractivity contribution in [2.45, 2.75) is 32.8 Å². The molecule has 7 nitrogen and oxygen atoms in total. The SMILES string of the molecule is CCOc1ccc(-c2nn(-c3ccccc3)cc2/C=C(\C#N)C(=O)NC[C@@H]2CCCO2)cc1C. The van der Waals surface area contributed by atoms with Gasteiger partial charge in [-0.3, -0.25) is 4.79 Å². The molecule has 1 amide bonds. The van der Waals surface area contributed by atoms with E-state index in [4.69, 9.17) is 14.6 Å². The number of aryl methyl sites for hydroxylation is 1. The standard InChI is InChI=1S/C27H28N4O3/c1-3-33-25-12-11-20(14-19(25)2)26-22(18-31(30-26)23-8-5-4-6-9-23)15-21(16-28)27(32)29-17-24-10-7-13-34-24/h4-6,8-9,11-12,14-15,18,24H,3,7,10,13,17H2,1-2H3,(H,29,32)/b21-15+/t24-/m0/s1. The van der Waals surface area contributed by atoms with Crippen LogP contribution in [0, 0.1) is 18.3 Å². The van der Waals surface area contributed by atoms with Crippen molar-refractivity contribution in [2.75, 3.05) is 19.8 Å². The van der Waals surface area contributed by atoms with Gasteiger partial charge in [-0.15, -0.1) is 0 Å². The van der Waals surface area contributed by atoms with E-state index in [1.807, 2.05) is 74.6 Å². The molecule has 1 saturated heterocycles. The number of nitrogens with zero attached hydrogens (tertiary/aromatic N) is 3. The number of rotatable bonds is 8. The second-order valence-electron chi connectivity index (χ2n) is 8.14. The lowest BCUT2D eigenvalue weighted by Gasteiger charge is -2.10. The topological polar surface area (TPSA) is 89.2 Å². The Hall–Kier alpha value is -3.89. The van der Waals surface area contributed by atoms with E-state index in [-0.39, 0.29) is 11.7 Å². The van der Waals surface area contributed by atoms with Gasteiger partial charge in [-0.25, -0.2) is 4.68 Å². The van der Waals surface area contributed by atoms with Crippen LogP contribution >= 0.6 is 0 Å². The molecule has 4 rings (SSSR count). The number of hydrogen-bond acceptors (Lipinski definition) is 5. The number of para-hydroxylation sites is 1. The van der Waals surface area contributed by atoms with Crippen LogP contribution in [0.15, 0.2) is 60.3 Å². The lowest BCUT2D eigenvalue weighted by atomic mass is 10.0. The van der Waals surface area contributed by atoms with Crippen molar-refractivity contribution in [3.63, 3.8) is 0 Å². The Morgan fingerprint density at radius 1 is 1.32 bits per heavy atom. The smallest absolute Gasteiger partial charge is 0.262 e. The molecule has 34 heavy (non-hydrogen) atoms. The minimum Gasteiger partial charge on any atom is -0.494 e. The van der Waals surface area contributed by atoms with Gasteiger partial charge in [0.15, 0.2) is 0 Å². The van der Waals surface area contributed by atoms with Gasteiger partial charge in [0, 0.05) is 30.5 Å². The monoisotopic (exact) mass is 456 g/mol. The minimum atomic E-state index is -0.417. The van der Waals surface area contributed by atoms with E-state index >= 15 is 0 Å². The summed E-state index contributed by atoms with van der Waals surface area (Å²) >= 11 is 0. The highest BCUT2D eigenvalue weighted by atomic mass is 16.5. The second kappa shape index (κ2) is 10.8. The van der Waals surface area contributed by atoms with Crippen LogP contribution in [0.3, 0.4) is 0 Å². The molecule has 0 spiro atoms. The van der Waals surface area contributed by atoms with Crippen molar-refractivity contribution in [1.82, 2.24) is 15.1 Å². The highest BCUT2D eigenvalue weighted by Crippen LogP contribution is 2.30. The Morgan fingerprint density at radius 2 is 2.15 bits per heavy atom. The van der Waals surface area contributed by atoms with Crippen LogP contribution in [-0.2, 0) is 9.53 Å². The summed E-state index contributed by atoms with van der Waals surface area (Å²) in [5.74, 6) is 0.399. The average molecular weight is 457 g/mol. The Labute approximate surface area is 199 Å². The van der Waals surface area contributed by atoms with Crippen LogP contribution in [-0.4, -0.2) is 41.6 Å². The fourth-order valence-electron chi connectivity index (χ4n) is 3.96. The zero-order chi connectivity index (χ0) is 23.9. The number of aromatic nitrogens is 2. The second-order valence-corrected chi connectivity index (χ2v) is 8.14. The van der Waals surface area contributed by atoms with Gasteiger partial charge >= 0.3 is 0 Å². The number of amides is 1. The Bertz CT molecular complexity index is 1220. The van der Waals surface area contributed by atoms with Gasteiger partial charge in [0.1, 0.15) is 23.1 Å². The van der Waals surface area contributed by atoms with Crippen LogP contribution in [0.1, 0.15) is 30.9 Å². The normalized spacial score (nSPS) is 15.7. The van der Waals surface area contributed by atoms with Crippen LogP contribution in [0.2, 0.25) is 0 Å². The molecule has 174 valence electrons. The largest absolute Gasteiger partial charge is 0.494 e. The van der Waals surface area contributed by atoms with E-state index in [2.05, 4.69) is 5.32 Å². The third-order valence-electron chi connectivity index (χ3n) is 5.69. The summed E-state index contributed by atoms with van der Waals surface area (Å²) in [5, 5.41) is 17.3. The predicted octanol–water partition coefficient (Wildman–Crippen LogP) is 4.45. The molecule has 1 aromatic heterocycles. The maximum Gasteiger partial charge on any atom is 0.262 e. The number of ether oxygens (including phenoxy) is 2. The maximum absolute atomic E-state index is 12.7. The lowest BCUT2D eigenvalue weighted by Crippen LogP contribution is -2.32. The van der Waals surface area contributed by atoms with Gasteiger partial charge in [0.2, 0.25) is 0 Å². The van der Waals surface area contributed by atoms with Gasteiger partial charge in [0.05, 0.1) is 18.4 Å². The predicted molar refractivity (Wildman–Crippen MR) is 130 cm³/mol. The maximum atomic E-state index is 12.7. The first-order valence-corrected chi connectivity index (χ1v) is 11.5. The minimum absolute atomic E-state index is 0.00659. The summed E-state index contributed by atoms with van der Waals surface area (Å²) in [6.45, 7) is 5.63. The zero-order valence-electron chi connectivity index (χ0n) is 19.5. The van der Waals surface area contributed by atoms with E-state index in [1.54, 1.807) is 10.8 Å². The molecule has 7 heteroatoms. The average Bonchev–Trinajstić information content (AvgIpc) is 3.53. The molecular formula is C27H28N4O3. The van der Waals surface area contributed by atoms with Gasteiger partial charge in [0.25, 0.3) is 5.91 Å². The number of benzene rings is 2. The first-order valence-electron chi connectivity index (χ1n) is 11.5. The van der Waals surface area contributed by atoms with Gasteiger partial charge in [-0.2, -0.15) is 10.4 Å². The quantitative estimate of drug-likeness (QED) is 0.400. The van der Waals surface area contributed by atoms with Crippen molar-refractivity contribution in [3.8, 4) is 28.8 Å². The van der Waals surface area contributed by atoms with E-state index in [1.165, 1.54) is 0 Å². The van der Waals surface area contributed by atoms with E-state index < -0.39 is 5.91 Å².